The number of benzene rings is 1. The van der Waals surface area contributed by atoms with Crippen LogP contribution in [-0.2, 0) is 10.9 Å². The van der Waals surface area contributed by atoms with Crippen LogP contribution in [0, 0.1) is 12.3 Å². The smallest absolute Gasteiger partial charge is 0.380 e. The number of nitrogens with zero attached hydrogens (tertiary/aromatic N) is 4. The lowest BCUT2D eigenvalue weighted by atomic mass is 9.85. The molecule has 1 spiro atoms. The Labute approximate surface area is 172 Å². The van der Waals surface area contributed by atoms with Crippen molar-refractivity contribution >= 4 is 11.5 Å². The average Bonchev–Trinajstić information content (AvgIpc) is 3.31. The molecule has 0 aliphatic carbocycles. The van der Waals surface area contributed by atoms with Crippen molar-refractivity contribution in [3.63, 3.8) is 0 Å². The molecule has 0 bridgehead atoms. The number of halogens is 3. The molecule has 1 aromatic carbocycles. The highest BCUT2D eigenvalue weighted by atomic mass is 19.4. The molecule has 4 heterocycles. The van der Waals surface area contributed by atoms with Crippen molar-refractivity contribution in [2.45, 2.75) is 32.4 Å². The third kappa shape index (κ3) is 3.23. The number of ether oxygens (including phenoxy) is 1. The van der Waals surface area contributed by atoms with Gasteiger partial charge in [0.05, 0.1) is 24.5 Å². The van der Waals surface area contributed by atoms with Crippen LogP contribution in [0.15, 0.2) is 36.4 Å². The first-order valence-corrected chi connectivity index (χ1v) is 10.1. The first-order chi connectivity index (χ1) is 14.2. The van der Waals surface area contributed by atoms with Gasteiger partial charge in [0.1, 0.15) is 5.82 Å². The average molecular weight is 416 g/mol. The first-order valence-electron chi connectivity index (χ1n) is 10.1. The molecule has 2 saturated heterocycles. The number of hydrogen-bond donors (Lipinski definition) is 0. The van der Waals surface area contributed by atoms with Gasteiger partial charge in [0.15, 0.2) is 5.65 Å². The van der Waals surface area contributed by atoms with Crippen molar-refractivity contribution in [3.05, 3.63) is 58.9 Å². The number of fused-ring (bicyclic) bond motifs is 1. The van der Waals surface area contributed by atoms with Gasteiger partial charge in [-0.05, 0) is 31.0 Å². The van der Waals surface area contributed by atoms with Gasteiger partial charge < -0.3 is 9.64 Å². The van der Waals surface area contributed by atoms with Crippen LogP contribution in [0.25, 0.3) is 5.65 Å². The number of aromatic nitrogens is 3. The van der Waals surface area contributed by atoms with Gasteiger partial charge in [-0.25, -0.2) is 4.98 Å². The SMILES string of the molecule is Cc1cc(N2CCC3(COC3)C2)n2nc(C(C)c3ccc(C(F)(F)F)cc3)cc2n1. The maximum absolute atomic E-state index is 12.9. The van der Waals surface area contributed by atoms with Gasteiger partial charge >= 0.3 is 6.18 Å². The fourth-order valence-electron chi connectivity index (χ4n) is 4.42. The molecule has 2 fully saturated rings. The van der Waals surface area contributed by atoms with E-state index in [9.17, 15) is 13.2 Å². The normalized spacial score (nSPS) is 19.4. The van der Waals surface area contributed by atoms with Crippen molar-refractivity contribution in [1.82, 2.24) is 14.6 Å². The molecule has 3 aromatic rings. The van der Waals surface area contributed by atoms with Gasteiger partial charge in [-0.2, -0.15) is 22.8 Å². The van der Waals surface area contributed by atoms with E-state index in [4.69, 9.17) is 9.84 Å². The number of alkyl halides is 3. The molecule has 2 aliphatic rings. The second-order valence-electron chi connectivity index (χ2n) is 8.60. The van der Waals surface area contributed by atoms with E-state index in [0.717, 1.165) is 73.3 Å². The van der Waals surface area contributed by atoms with E-state index in [1.54, 1.807) is 0 Å². The Bertz CT molecular complexity index is 1090. The van der Waals surface area contributed by atoms with E-state index in [1.165, 1.54) is 12.1 Å². The number of rotatable bonds is 3. The molecule has 1 unspecified atom stereocenters. The molecule has 0 radical (unpaired) electrons. The van der Waals surface area contributed by atoms with Crippen LogP contribution in [0.5, 0.6) is 0 Å². The molecule has 8 heteroatoms. The lowest BCUT2D eigenvalue weighted by Gasteiger charge is -2.37. The second-order valence-corrected chi connectivity index (χ2v) is 8.60. The second kappa shape index (κ2) is 6.70. The van der Waals surface area contributed by atoms with Crippen LogP contribution in [0.4, 0.5) is 19.0 Å². The lowest BCUT2D eigenvalue weighted by molar-refractivity contribution is -0.137. The number of hydrogen-bond acceptors (Lipinski definition) is 4. The molecular weight excluding hydrogens is 393 g/mol. The zero-order chi connectivity index (χ0) is 21.1. The minimum Gasteiger partial charge on any atom is -0.380 e. The molecule has 2 aromatic heterocycles. The predicted molar refractivity (Wildman–Crippen MR) is 107 cm³/mol. The van der Waals surface area contributed by atoms with Gasteiger partial charge in [0.25, 0.3) is 0 Å². The molecule has 5 rings (SSSR count). The third-order valence-electron chi connectivity index (χ3n) is 6.32. The Balaban J connectivity index is 1.47. The highest BCUT2D eigenvalue weighted by molar-refractivity contribution is 5.54. The van der Waals surface area contributed by atoms with Crippen molar-refractivity contribution < 1.29 is 17.9 Å². The standard InChI is InChI=1S/C22H23F3N4O/c1-14-9-20(28-8-7-21(11-28)12-30-13-21)29-19(26-14)10-18(27-29)15(2)16-3-5-17(6-4-16)22(23,24)25/h3-6,9-10,15H,7-8,11-13H2,1-2H3. The summed E-state index contributed by atoms with van der Waals surface area (Å²) in [4.78, 5) is 6.96. The van der Waals surface area contributed by atoms with E-state index in [0.29, 0.717) is 0 Å². The van der Waals surface area contributed by atoms with E-state index < -0.39 is 11.7 Å². The summed E-state index contributed by atoms with van der Waals surface area (Å²) in [5, 5.41) is 4.80. The van der Waals surface area contributed by atoms with Crippen LogP contribution in [0.1, 0.15) is 41.8 Å². The van der Waals surface area contributed by atoms with E-state index in [1.807, 2.05) is 30.5 Å². The van der Waals surface area contributed by atoms with Gasteiger partial charge in [-0.3, -0.25) is 0 Å². The highest BCUT2D eigenvalue weighted by Gasteiger charge is 2.45. The quantitative estimate of drug-likeness (QED) is 0.633. The molecular formula is C22H23F3N4O. The van der Waals surface area contributed by atoms with Crippen molar-refractivity contribution in [2.75, 3.05) is 31.2 Å². The molecule has 0 N–H and O–H groups in total. The van der Waals surface area contributed by atoms with Crippen molar-refractivity contribution in [1.29, 1.82) is 0 Å². The third-order valence-corrected chi connectivity index (χ3v) is 6.32. The minimum atomic E-state index is -4.33. The molecule has 0 saturated carbocycles. The summed E-state index contributed by atoms with van der Waals surface area (Å²) in [7, 11) is 0. The number of aryl methyl sites for hydroxylation is 1. The Morgan fingerprint density at radius 2 is 1.87 bits per heavy atom. The van der Waals surface area contributed by atoms with Crippen LogP contribution in [-0.4, -0.2) is 40.9 Å². The van der Waals surface area contributed by atoms with Crippen molar-refractivity contribution in [2.24, 2.45) is 5.41 Å². The Kier molecular flexibility index (Phi) is 4.32. The van der Waals surface area contributed by atoms with E-state index >= 15 is 0 Å². The highest BCUT2D eigenvalue weighted by Crippen LogP contribution is 2.39. The number of anilines is 1. The van der Waals surface area contributed by atoms with Gasteiger partial charge in [-0.15, -0.1) is 0 Å². The van der Waals surface area contributed by atoms with Crippen LogP contribution in [0.2, 0.25) is 0 Å². The largest absolute Gasteiger partial charge is 0.416 e. The Hall–Kier alpha value is -2.61. The van der Waals surface area contributed by atoms with Crippen molar-refractivity contribution in [3.8, 4) is 0 Å². The van der Waals surface area contributed by atoms with Crippen LogP contribution < -0.4 is 4.90 Å². The molecule has 5 nitrogen and oxygen atoms in total. The fourth-order valence-corrected chi connectivity index (χ4v) is 4.42. The summed E-state index contributed by atoms with van der Waals surface area (Å²) in [6, 6.07) is 9.28. The zero-order valence-electron chi connectivity index (χ0n) is 16.9. The monoisotopic (exact) mass is 416 g/mol. The minimum absolute atomic E-state index is 0.146. The van der Waals surface area contributed by atoms with Crippen LogP contribution in [0.3, 0.4) is 0 Å². The topological polar surface area (TPSA) is 42.7 Å². The summed E-state index contributed by atoms with van der Waals surface area (Å²) in [6.07, 6.45) is -3.23. The Morgan fingerprint density at radius 1 is 1.13 bits per heavy atom. The summed E-state index contributed by atoms with van der Waals surface area (Å²) in [5.41, 5.74) is 2.86. The van der Waals surface area contributed by atoms with E-state index in [2.05, 4.69) is 9.88 Å². The molecule has 1 atom stereocenters. The fraction of sp³-hybridized carbons (Fsp3) is 0.455. The Morgan fingerprint density at radius 3 is 2.47 bits per heavy atom. The van der Waals surface area contributed by atoms with E-state index in [-0.39, 0.29) is 11.3 Å². The maximum Gasteiger partial charge on any atom is 0.416 e. The first kappa shape index (κ1) is 19.4. The van der Waals surface area contributed by atoms with Gasteiger partial charge in [0.2, 0.25) is 0 Å². The lowest BCUT2D eigenvalue weighted by Crippen LogP contribution is -2.44. The van der Waals surface area contributed by atoms with Crippen LogP contribution >= 0.6 is 0 Å². The molecule has 0 amide bonds. The summed E-state index contributed by atoms with van der Waals surface area (Å²) >= 11 is 0. The maximum atomic E-state index is 12.9. The summed E-state index contributed by atoms with van der Waals surface area (Å²) < 4.78 is 45.9. The summed E-state index contributed by atoms with van der Waals surface area (Å²) in [5.74, 6) is 0.860. The molecule has 158 valence electrons. The molecule has 2 aliphatic heterocycles. The van der Waals surface area contributed by atoms with Gasteiger partial charge in [-0.1, -0.05) is 19.1 Å². The van der Waals surface area contributed by atoms with Gasteiger partial charge in [0, 0.05) is 42.2 Å². The summed E-state index contributed by atoms with van der Waals surface area (Å²) in [6.45, 7) is 7.43. The zero-order valence-corrected chi connectivity index (χ0v) is 16.9. The molecule has 30 heavy (non-hydrogen) atoms. The predicted octanol–water partition coefficient (Wildman–Crippen LogP) is 4.44.